The third-order valence-electron chi connectivity index (χ3n) is 2.71. The molecule has 1 aliphatic rings. The van der Waals surface area contributed by atoms with E-state index < -0.39 is 5.97 Å². The highest BCUT2D eigenvalue weighted by molar-refractivity contribution is 8.00. The Morgan fingerprint density at radius 1 is 1.50 bits per heavy atom. The number of carboxylic acid groups (broad SMARTS) is 1. The molecule has 0 spiro atoms. The van der Waals surface area contributed by atoms with Gasteiger partial charge >= 0.3 is 5.97 Å². The third kappa shape index (κ3) is 3.88. The fraction of sp³-hybridized carbons (Fsp3) is 0.900. The molecule has 1 saturated carbocycles. The van der Waals surface area contributed by atoms with E-state index in [1.165, 1.54) is 25.7 Å². The van der Waals surface area contributed by atoms with Crippen molar-refractivity contribution in [2.24, 2.45) is 11.7 Å². The Balaban J connectivity index is 2.21. The number of hydrogen-bond acceptors (Lipinski definition) is 3. The van der Waals surface area contributed by atoms with Crippen LogP contribution in [0.5, 0.6) is 0 Å². The van der Waals surface area contributed by atoms with Gasteiger partial charge in [-0.3, -0.25) is 4.79 Å². The molecule has 0 aromatic rings. The summed E-state index contributed by atoms with van der Waals surface area (Å²) in [7, 11) is 0. The second kappa shape index (κ2) is 6.30. The molecule has 82 valence electrons. The van der Waals surface area contributed by atoms with Crippen molar-refractivity contribution < 1.29 is 9.90 Å². The number of thioether (sulfide) groups is 1. The van der Waals surface area contributed by atoms with E-state index >= 15 is 0 Å². The summed E-state index contributed by atoms with van der Waals surface area (Å²) < 4.78 is 0. The van der Waals surface area contributed by atoms with Gasteiger partial charge < -0.3 is 10.8 Å². The summed E-state index contributed by atoms with van der Waals surface area (Å²) in [4.78, 5) is 10.8. The predicted octanol–water partition coefficient (Wildman–Crippen LogP) is 1.71. The molecule has 0 aromatic heterocycles. The molecule has 0 radical (unpaired) electrons. The van der Waals surface area contributed by atoms with Crippen LogP contribution >= 0.6 is 11.8 Å². The molecule has 4 heteroatoms. The van der Waals surface area contributed by atoms with Crippen molar-refractivity contribution in [1.29, 1.82) is 0 Å². The first-order valence-corrected chi connectivity index (χ1v) is 6.33. The molecular formula is C10H19NO2S. The van der Waals surface area contributed by atoms with E-state index in [0.717, 1.165) is 11.7 Å². The first-order valence-electron chi connectivity index (χ1n) is 5.28. The normalized spacial score (nSPS) is 19.8. The summed E-state index contributed by atoms with van der Waals surface area (Å²) in [5, 5.41) is 8.61. The van der Waals surface area contributed by atoms with Crippen molar-refractivity contribution in [3.05, 3.63) is 0 Å². The molecule has 0 heterocycles. The van der Waals surface area contributed by atoms with E-state index in [1.807, 2.05) is 0 Å². The van der Waals surface area contributed by atoms with Gasteiger partial charge in [0.2, 0.25) is 0 Å². The van der Waals surface area contributed by atoms with Gasteiger partial charge in [0.1, 0.15) is 5.25 Å². The molecule has 1 unspecified atom stereocenters. The second-order valence-corrected chi connectivity index (χ2v) is 5.12. The fourth-order valence-corrected chi connectivity index (χ4v) is 3.14. The van der Waals surface area contributed by atoms with Crippen LogP contribution in [0.2, 0.25) is 0 Å². The molecule has 14 heavy (non-hydrogen) atoms. The Morgan fingerprint density at radius 3 is 2.64 bits per heavy atom. The number of hydrogen-bond donors (Lipinski definition) is 2. The van der Waals surface area contributed by atoms with E-state index in [4.69, 9.17) is 10.8 Å². The standard InChI is InChI=1S/C10H19NO2S/c11-6-5-9(10(12)13)14-7-8-3-1-2-4-8/h8-9H,1-7,11H2,(H,12,13). The highest BCUT2D eigenvalue weighted by Gasteiger charge is 2.21. The maximum Gasteiger partial charge on any atom is 0.316 e. The molecular weight excluding hydrogens is 198 g/mol. The maximum atomic E-state index is 10.8. The van der Waals surface area contributed by atoms with Crippen LogP contribution in [0.15, 0.2) is 0 Å². The lowest BCUT2D eigenvalue weighted by atomic mass is 10.1. The Kier molecular flexibility index (Phi) is 5.33. The summed E-state index contributed by atoms with van der Waals surface area (Å²) in [6, 6.07) is 0. The minimum absolute atomic E-state index is 0.291. The third-order valence-corrected chi connectivity index (χ3v) is 4.22. The van der Waals surface area contributed by atoms with Gasteiger partial charge in [-0.25, -0.2) is 0 Å². The summed E-state index contributed by atoms with van der Waals surface area (Å²) in [5.74, 6) is 1.04. The zero-order valence-corrected chi connectivity index (χ0v) is 9.26. The first-order chi connectivity index (χ1) is 6.74. The topological polar surface area (TPSA) is 63.3 Å². The molecule has 0 amide bonds. The quantitative estimate of drug-likeness (QED) is 0.711. The predicted molar refractivity (Wildman–Crippen MR) is 59.5 cm³/mol. The molecule has 1 atom stereocenters. The van der Waals surface area contributed by atoms with Crippen molar-refractivity contribution in [3.8, 4) is 0 Å². The minimum atomic E-state index is -0.710. The van der Waals surface area contributed by atoms with Gasteiger partial charge in [0.05, 0.1) is 0 Å². The molecule has 0 bridgehead atoms. The Hall–Kier alpha value is -0.220. The van der Waals surface area contributed by atoms with Gasteiger partial charge in [-0.15, -0.1) is 11.8 Å². The molecule has 3 nitrogen and oxygen atoms in total. The second-order valence-electron chi connectivity index (χ2n) is 3.89. The monoisotopic (exact) mass is 217 g/mol. The van der Waals surface area contributed by atoms with Crippen LogP contribution in [0.25, 0.3) is 0 Å². The van der Waals surface area contributed by atoms with Crippen LogP contribution < -0.4 is 5.73 Å². The van der Waals surface area contributed by atoms with Crippen LogP contribution in [0.3, 0.4) is 0 Å². The van der Waals surface area contributed by atoms with Crippen molar-refractivity contribution in [3.63, 3.8) is 0 Å². The Morgan fingerprint density at radius 2 is 2.14 bits per heavy atom. The first kappa shape index (κ1) is 11.9. The van der Waals surface area contributed by atoms with Crippen molar-refractivity contribution in [2.45, 2.75) is 37.4 Å². The zero-order chi connectivity index (χ0) is 10.4. The van der Waals surface area contributed by atoms with Gasteiger partial charge in [-0.05, 0) is 37.5 Å². The number of aliphatic carboxylic acids is 1. The van der Waals surface area contributed by atoms with Crippen molar-refractivity contribution in [1.82, 2.24) is 0 Å². The van der Waals surface area contributed by atoms with Gasteiger partial charge in [0, 0.05) is 0 Å². The van der Waals surface area contributed by atoms with Crippen LogP contribution in [-0.4, -0.2) is 28.6 Å². The van der Waals surface area contributed by atoms with Crippen LogP contribution in [-0.2, 0) is 4.79 Å². The van der Waals surface area contributed by atoms with Gasteiger partial charge in [-0.2, -0.15) is 0 Å². The Bertz CT molecular complexity index is 181. The molecule has 1 rings (SSSR count). The average Bonchev–Trinajstić information content (AvgIpc) is 2.64. The van der Waals surface area contributed by atoms with Crippen LogP contribution in [0, 0.1) is 5.92 Å². The van der Waals surface area contributed by atoms with E-state index in [-0.39, 0.29) is 5.25 Å². The number of carbonyl (C=O) groups is 1. The van der Waals surface area contributed by atoms with E-state index in [1.54, 1.807) is 11.8 Å². The van der Waals surface area contributed by atoms with Gasteiger partial charge in [0.15, 0.2) is 0 Å². The van der Waals surface area contributed by atoms with Gasteiger partial charge in [0.25, 0.3) is 0 Å². The van der Waals surface area contributed by atoms with Crippen LogP contribution in [0.1, 0.15) is 32.1 Å². The summed E-state index contributed by atoms with van der Waals surface area (Å²) in [5.41, 5.74) is 5.37. The molecule has 0 aromatic carbocycles. The summed E-state index contributed by atoms with van der Waals surface area (Å²) >= 11 is 1.57. The SMILES string of the molecule is NCCC(SCC1CCCC1)C(=O)O. The molecule has 0 aliphatic heterocycles. The van der Waals surface area contributed by atoms with Crippen molar-refractivity contribution in [2.75, 3.05) is 12.3 Å². The molecule has 1 aliphatic carbocycles. The summed E-state index contributed by atoms with van der Waals surface area (Å²) in [6.45, 7) is 0.467. The van der Waals surface area contributed by atoms with E-state index in [0.29, 0.717) is 13.0 Å². The highest BCUT2D eigenvalue weighted by Crippen LogP contribution is 2.29. The highest BCUT2D eigenvalue weighted by atomic mass is 32.2. The number of rotatable bonds is 6. The fourth-order valence-electron chi connectivity index (χ4n) is 1.86. The van der Waals surface area contributed by atoms with E-state index in [9.17, 15) is 4.79 Å². The van der Waals surface area contributed by atoms with Crippen LogP contribution in [0.4, 0.5) is 0 Å². The summed E-state index contributed by atoms with van der Waals surface area (Å²) in [6.07, 6.45) is 5.79. The van der Waals surface area contributed by atoms with Crippen molar-refractivity contribution >= 4 is 17.7 Å². The molecule has 1 fully saturated rings. The number of carboxylic acids is 1. The molecule has 0 saturated heterocycles. The largest absolute Gasteiger partial charge is 0.480 e. The lowest BCUT2D eigenvalue weighted by molar-refractivity contribution is -0.136. The Labute approximate surface area is 89.4 Å². The smallest absolute Gasteiger partial charge is 0.316 e. The minimum Gasteiger partial charge on any atom is -0.480 e. The lowest BCUT2D eigenvalue weighted by Gasteiger charge is -2.13. The molecule has 3 N–H and O–H groups in total. The average molecular weight is 217 g/mol. The zero-order valence-electron chi connectivity index (χ0n) is 8.45. The van der Waals surface area contributed by atoms with Gasteiger partial charge in [-0.1, -0.05) is 12.8 Å². The van der Waals surface area contributed by atoms with E-state index in [2.05, 4.69) is 0 Å². The lowest BCUT2D eigenvalue weighted by Crippen LogP contribution is -2.21. The maximum absolute atomic E-state index is 10.8. The number of nitrogens with two attached hydrogens (primary N) is 1.